The molecule has 1 heterocycles. The van der Waals surface area contributed by atoms with E-state index < -0.39 is 0 Å². The fourth-order valence-corrected chi connectivity index (χ4v) is 3.19. The number of aliphatic hydroxyl groups excluding tert-OH is 1. The number of methoxy groups -OCH3 is 1. The van der Waals surface area contributed by atoms with Crippen molar-refractivity contribution in [2.45, 2.75) is 19.8 Å². The van der Waals surface area contributed by atoms with Crippen LogP contribution in [0.5, 0.6) is 0 Å². The van der Waals surface area contributed by atoms with Crippen LogP contribution in [0.1, 0.15) is 19.8 Å². The van der Waals surface area contributed by atoms with Gasteiger partial charge >= 0.3 is 5.97 Å². The quantitative estimate of drug-likeness (QED) is 0.713. The number of hydrogen-bond acceptors (Lipinski definition) is 4. The summed E-state index contributed by atoms with van der Waals surface area (Å²) in [5, 5.41) is 8.97. The van der Waals surface area contributed by atoms with Gasteiger partial charge in [0.1, 0.15) is 0 Å². The summed E-state index contributed by atoms with van der Waals surface area (Å²) in [5.74, 6) is 0.455. The fraction of sp³-hybridized carbons (Fsp3) is 0.917. The standard InChI is InChI=1S/C12H21NO3/c1-9-7-13(5-6-14)8-10(11(15)16-2)12(9)3-4-12/h9-10,14H,3-8H2,1-2H3. The monoisotopic (exact) mass is 227 g/mol. The number of esters is 1. The molecular weight excluding hydrogens is 206 g/mol. The number of likely N-dealkylation sites (tertiary alicyclic amines) is 1. The maximum absolute atomic E-state index is 11.8. The second-order valence-corrected chi connectivity index (χ2v) is 5.19. The second kappa shape index (κ2) is 4.34. The van der Waals surface area contributed by atoms with Crippen LogP contribution in [0, 0.1) is 17.3 Å². The number of carbonyl (C=O) groups is 1. The Kier molecular flexibility index (Phi) is 3.22. The normalized spacial score (nSPS) is 32.7. The summed E-state index contributed by atoms with van der Waals surface area (Å²) < 4.78 is 4.91. The average Bonchev–Trinajstić information content (AvgIpc) is 3.04. The summed E-state index contributed by atoms with van der Waals surface area (Å²) in [5.41, 5.74) is 0.207. The van der Waals surface area contributed by atoms with Gasteiger partial charge in [0.15, 0.2) is 0 Å². The summed E-state index contributed by atoms with van der Waals surface area (Å²) in [6.45, 7) is 4.78. The Morgan fingerprint density at radius 1 is 1.50 bits per heavy atom. The molecule has 0 radical (unpaired) electrons. The molecule has 2 atom stereocenters. The summed E-state index contributed by atoms with van der Waals surface area (Å²) >= 11 is 0. The predicted octanol–water partition coefficient (Wildman–Crippen LogP) is 0.500. The van der Waals surface area contributed by atoms with Gasteiger partial charge < -0.3 is 9.84 Å². The van der Waals surface area contributed by atoms with Crippen LogP contribution in [0.2, 0.25) is 0 Å². The van der Waals surface area contributed by atoms with Crippen LogP contribution in [0.3, 0.4) is 0 Å². The summed E-state index contributed by atoms with van der Waals surface area (Å²) in [6.07, 6.45) is 2.31. The van der Waals surface area contributed by atoms with Gasteiger partial charge in [-0.15, -0.1) is 0 Å². The summed E-state index contributed by atoms with van der Waals surface area (Å²) in [6, 6.07) is 0. The molecule has 1 N–H and O–H groups in total. The molecule has 2 unspecified atom stereocenters. The third-order valence-corrected chi connectivity index (χ3v) is 4.38. The van der Waals surface area contributed by atoms with E-state index in [0.717, 1.165) is 25.9 Å². The number of β-amino-alcohol motifs (C(OH)–C–C–N with tert-alkyl or cyclic N) is 1. The van der Waals surface area contributed by atoms with Gasteiger partial charge in [0.2, 0.25) is 0 Å². The lowest BCUT2D eigenvalue weighted by molar-refractivity contribution is -0.152. The van der Waals surface area contributed by atoms with Gasteiger partial charge in [-0.25, -0.2) is 0 Å². The van der Waals surface area contributed by atoms with E-state index in [-0.39, 0.29) is 23.9 Å². The zero-order chi connectivity index (χ0) is 11.8. The molecule has 0 bridgehead atoms. The van der Waals surface area contributed by atoms with Crippen LogP contribution in [0.4, 0.5) is 0 Å². The fourth-order valence-electron chi connectivity index (χ4n) is 3.19. The first-order chi connectivity index (χ1) is 7.64. The van der Waals surface area contributed by atoms with Gasteiger partial charge in [-0.3, -0.25) is 9.69 Å². The zero-order valence-electron chi connectivity index (χ0n) is 10.1. The first-order valence-electron chi connectivity index (χ1n) is 6.05. The van der Waals surface area contributed by atoms with Gasteiger partial charge in [0.05, 0.1) is 19.6 Å². The van der Waals surface area contributed by atoms with E-state index >= 15 is 0 Å². The van der Waals surface area contributed by atoms with E-state index in [9.17, 15) is 4.79 Å². The Labute approximate surface area is 96.6 Å². The van der Waals surface area contributed by atoms with Crippen LogP contribution >= 0.6 is 0 Å². The van der Waals surface area contributed by atoms with Crippen LogP contribution in [-0.2, 0) is 9.53 Å². The molecule has 2 rings (SSSR count). The minimum absolute atomic E-state index is 0.00722. The molecule has 0 aromatic heterocycles. The topological polar surface area (TPSA) is 49.8 Å². The number of hydrogen-bond donors (Lipinski definition) is 1. The molecule has 2 fully saturated rings. The van der Waals surface area contributed by atoms with Crippen molar-refractivity contribution in [3.8, 4) is 0 Å². The van der Waals surface area contributed by atoms with Crippen molar-refractivity contribution in [3.63, 3.8) is 0 Å². The zero-order valence-corrected chi connectivity index (χ0v) is 10.1. The minimum atomic E-state index is -0.0769. The highest BCUT2D eigenvalue weighted by atomic mass is 16.5. The number of rotatable bonds is 3. The molecule has 1 spiro atoms. The van der Waals surface area contributed by atoms with Crippen LogP contribution in [0.25, 0.3) is 0 Å². The van der Waals surface area contributed by atoms with Crippen molar-refractivity contribution in [2.24, 2.45) is 17.3 Å². The van der Waals surface area contributed by atoms with Gasteiger partial charge in [-0.1, -0.05) is 6.92 Å². The smallest absolute Gasteiger partial charge is 0.310 e. The highest BCUT2D eigenvalue weighted by Crippen LogP contribution is 2.59. The first kappa shape index (κ1) is 11.9. The molecule has 16 heavy (non-hydrogen) atoms. The van der Waals surface area contributed by atoms with Crippen molar-refractivity contribution >= 4 is 5.97 Å². The Hall–Kier alpha value is -0.610. The largest absolute Gasteiger partial charge is 0.469 e. The van der Waals surface area contributed by atoms with Gasteiger partial charge in [0.25, 0.3) is 0 Å². The molecular formula is C12H21NO3. The average molecular weight is 227 g/mol. The Balaban J connectivity index is 2.09. The molecule has 0 aromatic carbocycles. The molecule has 92 valence electrons. The van der Waals surface area contributed by atoms with E-state index in [1.54, 1.807) is 0 Å². The second-order valence-electron chi connectivity index (χ2n) is 5.19. The van der Waals surface area contributed by atoms with Crippen LogP contribution < -0.4 is 0 Å². The summed E-state index contributed by atoms with van der Waals surface area (Å²) in [4.78, 5) is 14.0. The molecule has 4 heteroatoms. The molecule has 4 nitrogen and oxygen atoms in total. The molecule has 1 aliphatic heterocycles. The summed E-state index contributed by atoms with van der Waals surface area (Å²) in [7, 11) is 1.47. The lowest BCUT2D eigenvalue weighted by atomic mass is 9.75. The lowest BCUT2D eigenvalue weighted by Crippen LogP contribution is -2.50. The number of carbonyl (C=O) groups excluding carboxylic acids is 1. The van der Waals surface area contributed by atoms with Crippen molar-refractivity contribution in [2.75, 3.05) is 33.4 Å². The first-order valence-corrected chi connectivity index (χ1v) is 6.05. The van der Waals surface area contributed by atoms with Gasteiger partial charge in [0, 0.05) is 19.6 Å². The SMILES string of the molecule is COC(=O)C1CN(CCO)CC(C)C12CC2. The maximum atomic E-state index is 11.8. The van der Waals surface area contributed by atoms with Crippen LogP contribution in [-0.4, -0.2) is 49.3 Å². The van der Waals surface area contributed by atoms with E-state index in [2.05, 4.69) is 11.8 Å². The number of nitrogens with zero attached hydrogens (tertiary/aromatic N) is 1. The third kappa shape index (κ3) is 1.84. The minimum Gasteiger partial charge on any atom is -0.469 e. The Morgan fingerprint density at radius 3 is 2.69 bits per heavy atom. The lowest BCUT2D eigenvalue weighted by Gasteiger charge is -2.41. The highest BCUT2D eigenvalue weighted by molar-refractivity contribution is 5.74. The molecule has 1 aliphatic carbocycles. The van der Waals surface area contributed by atoms with E-state index in [0.29, 0.717) is 12.5 Å². The number of piperidine rings is 1. The Morgan fingerprint density at radius 2 is 2.19 bits per heavy atom. The third-order valence-electron chi connectivity index (χ3n) is 4.38. The predicted molar refractivity (Wildman–Crippen MR) is 59.9 cm³/mol. The number of aliphatic hydroxyl groups is 1. The van der Waals surface area contributed by atoms with Gasteiger partial charge in [-0.05, 0) is 24.2 Å². The van der Waals surface area contributed by atoms with Crippen molar-refractivity contribution in [3.05, 3.63) is 0 Å². The van der Waals surface area contributed by atoms with Crippen molar-refractivity contribution in [1.82, 2.24) is 4.90 Å². The van der Waals surface area contributed by atoms with E-state index in [4.69, 9.17) is 9.84 Å². The van der Waals surface area contributed by atoms with E-state index in [1.165, 1.54) is 7.11 Å². The number of ether oxygens (including phenoxy) is 1. The van der Waals surface area contributed by atoms with Crippen LogP contribution in [0.15, 0.2) is 0 Å². The van der Waals surface area contributed by atoms with Gasteiger partial charge in [-0.2, -0.15) is 0 Å². The molecule has 0 aromatic rings. The highest BCUT2D eigenvalue weighted by Gasteiger charge is 2.58. The Bertz CT molecular complexity index is 275. The molecule has 1 saturated heterocycles. The van der Waals surface area contributed by atoms with Crippen molar-refractivity contribution < 1.29 is 14.6 Å². The molecule has 2 aliphatic rings. The van der Waals surface area contributed by atoms with Crippen molar-refractivity contribution in [1.29, 1.82) is 0 Å². The molecule has 0 amide bonds. The van der Waals surface area contributed by atoms with E-state index in [1.807, 2.05) is 0 Å². The molecule has 1 saturated carbocycles. The maximum Gasteiger partial charge on any atom is 0.310 e.